The second-order valence-corrected chi connectivity index (χ2v) is 7.47. The van der Waals surface area contributed by atoms with E-state index in [1.54, 1.807) is 4.90 Å². The molecule has 1 aliphatic heterocycles. The summed E-state index contributed by atoms with van der Waals surface area (Å²) in [6, 6.07) is 12.8. The van der Waals surface area contributed by atoms with Crippen LogP contribution in [0, 0.1) is 5.82 Å². The zero-order chi connectivity index (χ0) is 20.4. The van der Waals surface area contributed by atoms with Crippen LogP contribution in [0.2, 0.25) is 5.02 Å². The molecule has 3 aromatic rings. The van der Waals surface area contributed by atoms with Crippen molar-refractivity contribution in [3.05, 3.63) is 76.2 Å². The van der Waals surface area contributed by atoms with Crippen molar-refractivity contribution in [2.45, 2.75) is 25.8 Å². The molecule has 148 valence electrons. The lowest BCUT2D eigenvalue weighted by Crippen LogP contribution is -2.36. The molecule has 1 N–H and O–H groups in total. The van der Waals surface area contributed by atoms with Crippen LogP contribution in [-0.2, 0) is 17.8 Å². The lowest BCUT2D eigenvalue weighted by molar-refractivity contribution is -0.132. The first-order chi connectivity index (χ1) is 14.0. The Labute approximate surface area is 172 Å². The Morgan fingerprint density at radius 3 is 2.52 bits per heavy atom. The Kier molecular flexibility index (Phi) is 5.45. The Balaban J connectivity index is 1.42. The zero-order valence-electron chi connectivity index (χ0n) is 15.6. The van der Waals surface area contributed by atoms with Crippen LogP contribution in [0.3, 0.4) is 0 Å². The Morgan fingerprint density at radius 2 is 1.79 bits per heavy atom. The summed E-state index contributed by atoms with van der Waals surface area (Å²) in [5, 5.41) is 8.14. The van der Waals surface area contributed by atoms with Gasteiger partial charge in [-0.15, -0.1) is 0 Å². The summed E-state index contributed by atoms with van der Waals surface area (Å²) in [6.07, 6.45) is 0.913. The summed E-state index contributed by atoms with van der Waals surface area (Å²) in [5.41, 5.74) is 4.20. The molecule has 0 bridgehead atoms. The van der Waals surface area contributed by atoms with Crippen molar-refractivity contribution < 1.29 is 14.0 Å². The fourth-order valence-electron chi connectivity index (χ4n) is 3.51. The van der Waals surface area contributed by atoms with Crippen molar-refractivity contribution in [1.82, 2.24) is 15.1 Å². The van der Waals surface area contributed by atoms with E-state index in [1.165, 1.54) is 24.3 Å². The highest BCUT2D eigenvalue weighted by Crippen LogP contribution is 2.29. The van der Waals surface area contributed by atoms with Crippen molar-refractivity contribution >= 4 is 23.3 Å². The van der Waals surface area contributed by atoms with Gasteiger partial charge in [-0.25, -0.2) is 4.39 Å². The van der Waals surface area contributed by atoms with E-state index in [4.69, 9.17) is 11.6 Å². The van der Waals surface area contributed by atoms with E-state index >= 15 is 0 Å². The number of nitrogens with zero attached hydrogens (tertiary/aromatic N) is 2. The number of halogens is 2. The molecule has 2 heterocycles. The molecule has 0 saturated heterocycles. The standard InChI is InChI=1S/C22H19ClFN3O2/c23-16-5-1-15(2-6-16)22-18-13-27(12-11-19(18)25-26-22)21(29)10-9-20(28)14-3-7-17(24)8-4-14/h1-8H,9-13H2,(H,25,26). The van der Waals surface area contributed by atoms with E-state index in [2.05, 4.69) is 10.2 Å². The molecule has 0 atom stereocenters. The SMILES string of the molecule is O=C(CCC(=O)N1CCc2[nH]nc(-c3ccc(Cl)cc3)c2C1)c1ccc(F)cc1. The van der Waals surface area contributed by atoms with Gasteiger partial charge >= 0.3 is 0 Å². The third-order valence-corrected chi connectivity index (χ3v) is 5.39. The number of carbonyl (C=O) groups excluding carboxylic acids is 2. The monoisotopic (exact) mass is 411 g/mol. The number of rotatable bonds is 5. The first-order valence-electron chi connectivity index (χ1n) is 9.40. The number of hydrogen-bond donors (Lipinski definition) is 1. The number of amides is 1. The van der Waals surface area contributed by atoms with Gasteiger partial charge in [0.1, 0.15) is 5.82 Å². The maximum atomic E-state index is 13.0. The van der Waals surface area contributed by atoms with Crippen LogP contribution in [0.5, 0.6) is 0 Å². The Morgan fingerprint density at radius 1 is 1.07 bits per heavy atom. The van der Waals surface area contributed by atoms with Crippen LogP contribution in [0.25, 0.3) is 11.3 Å². The summed E-state index contributed by atoms with van der Waals surface area (Å²) in [5.74, 6) is -0.631. The summed E-state index contributed by atoms with van der Waals surface area (Å²) in [4.78, 5) is 26.7. The molecule has 1 aliphatic rings. The van der Waals surface area contributed by atoms with Crippen LogP contribution in [0.15, 0.2) is 48.5 Å². The van der Waals surface area contributed by atoms with Crippen molar-refractivity contribution in [2.24, 2.45) is 0 Å². The number of Topliss-reactive ketones (excluding diaryl/α,β-unsaturated/α-hetero) is 1. The predicted octanol–water partition coefficient (Wildman–Crippen LogP) is 4.42. The van der Waals surface area contributed by atoms with Crippen molar-refractivity contribution in [3.8, 4) is 11.3 Å². The molecule has 29 heavy (non-hydrogen) atoms. The quantitative estimate of drug-likeness (QED) is 0.632. The van der Waals surface area contributed by atoms with Crippen molar-refractivity contribution in [1.29, 1.82) is 0 Å². The second kappa shape index (κ2) is 8.17. The first-order valence-corrected chi connectivity index (χ1v) is 9.77. The predicted molar refractivity (Wildman–Crippen MR) is 108 cm³/mol. The molecule has 0 unspecified atom stereocenters. The van der Waals surface area contributed by atoms with Gasteiger partial charge in [0.2, 0.25) is 5.91 Å². The fraction of sp³-hybridized carbons (Fsp3) is 0.227. The average Bonchev–Trinajstić information content (AvgIpc) is 3.16. The van der Waals surface area contributed by atoms with Crippen LogP contribution in [-0.4, -0.2) is 33.3 Å². The van der Waals surface area contributed by atoms with Gasteiger partial charge in [0, 0.05) is 59.8 Å². The molecule has 1 amide bonds. The van der Waals surface area contributed by atoms with Gasteiger partial charge in [-0.3, -0.25) is 14.7 Å². The van der Waals surface area contributed by atoms with E-state index in [0.717, 1.165) is 22.5 Å². The summed E-state index contributed by atoms with van der Waals surface area (Å²) < 4.78 is 13.0. The molecule has 7 heteroatoms. The maximum absolute atomic E-state index is 13.0. The Bertz CT molecular complexity index is 1040. The number of hydrogen-bond acceptors (Lipinski definition) is 3. The third kappa shape index (κ3) is 4.22. The topological polar surface area (TPSA) is 66.1 Å². The van der Waals surface area contributed by atoms with Crippen molar-refractivity contribution in [2.75, 3.05) is 6.54 Å². The number of ketones is 1. The Hall–Kier alpha value is -2.99. The smallest absolute Gasteiger partial charge is 0.223 e. The lowest BCUT2D eigenvalue weighted by Gasteiger charge is -2.27. The van der Waals surface area contributed by atoms with Gasteiger partial charge in [0.05, 0.1) is 5.69 Å². The van der Waals surface area contributed by atoms with Gasteiger partial charge in [-0.05, 0) is 36.4 Å². The van der Waals surface area contributed by atoms with Gasteiger partial charge in [-0.1, -0.05) is 23.7 Å². The highest BCUT2D eigenvalue weighted by atomic mass is 35.5. The minimum absolute atomic E-state index is 0.0747. The molecule has 0 fully saturated rings. The number of aromatic nitrogens is 2. The molecular weight excluding hydrogens is 393 g/mol. The van der Waals surface area contributed by atoms with Gasteiger partial charge in [0.25, 0.3) is 0 Å². The minimum Gasteiger partial charge on any atom is -0.338 e. The van der Waals surface area contributed by atoms with Crippen LogP contribution in [0.1, 0.15) is 34.5 Å². The van der Waals surface area contributed by atoms with Gasteiger partial charge < -0.3 is 4.90 Å². The van der Waals surface area contributed by atoms with E-state index < -0.39 is 5.82 Å². The normalized spacial score (nSPS) is 13.2. The highest BCUT2D eigenvalue weighted by molar-refractivity contribution is 6.30. The van der Waals surface area contributed by atoms with Crippen molar-refractivity contribution in [3.63, 3.8) is 0 Å². The molecule has 4 rings (SSSR count). The number of nitrogens with one attached hydrogen (secondary N) is 1. The number of benzene rings is 2. The zero-order valence-corrected chi connectivity index (χ0v) is 16.4. The number of H-pyrrole nitrogens is 1. The highest BCUT2D eigenvalue weighted by Gasteiger charge is 2.26. The number of carbonyl (C=O) groups is 2. The molecule has 0 radical (unpaired) electrons. The molecular formula is C22H19ClFN3O2. The number of aromatic amines is 1. The molecule has 2 aromatic carbocycles. The van der Waals surface area contributed by atoms with Crippen LogP contribution in [0.4, 0.5) is 4.39 Å². The van der Waals surface area contributed by atoms with E-state index in [9.17, 15) is 14.0 Å². The average molecular weight is 412 g/mol. The van der Waals surface area contributed by atoms with E-state index in [0.29, 0.717) is 30.1 Å². The summed E-state index contributed by atoms with van der Waals surface area (Å²) >= 11 is 5.97. The number of fused-ring (bicyclic) bond motifs is 1. The minimum atomic E-state index is -0.390. The van der Waals surface area contributed by atoms with Crippen LogP contribution >= 0.6 is 11.6 Å². The second-order valence-electron chi connectivity index (χ2n) is 7.03. The first kappa shape index (κ1) is 19.3. The largest absolute Gasteiger partial charge is 0.338 e. The molecule has 0 saturated carbocycles. The van der Waals surface area contributed by atoms with Gasteiger partial charge in [-0.2, -0.15) is 5.10 Å². The van der Waals surface area contributed by atoms with Gasteiger partial charge in [0.15, 0.2) is 5.78 Å². The molecule has 5 nitrogen and oxygen atoms in total. The molecule has 0 aliphatic carbocycles. The van der Waals surface area contributed by atoms with E-state index in [-0.39, 0.29) is 24.5 Å². The maximum Gasteiger partial charge on any atom is 0.223 e. The lowest BCUT2D eigenvalue weighted by atomic mass is 10.00. The molecule has 1 aromatic heterocycles. The van der Waals surface area contributed by atoms with E-state index in [1.807, 2.05) is 24.3 Å². The summed E-state index contributed by atoms with van der Waals surface area (Å²) in [6.45, 7) is 1.03. The van der Waals surface area contributed by atoms with Crippen LogP contribution < -0.4 is 0 Å². The fourth-order valence-corrected chi connectivity index (χ4v) is 3.64. The third-order valence-electron chi connectivity index (χ3n) is 5.14. The molecule has 0 spiro atoms. The summed E-state index contributed by atoms with van der Waals surface area (Å²) in [7, 11) is 0.